The molecule has 2 rings (SSSR count). The second kappa shape index (κ2) is 4.16. The number of hydrogen-bond donors (Lipinski definition) is 1. The number of rotatable bonds is 0. The molecule has 0 aromatic rings. The van der Waals surface area contributed by atoms with Gasteiger partial charge in [-0.3, -0.25) is 0 Å². The van der Waals surface area contributed by atoms with Crippen molar-refractivity contribution in [1.29, 1.82) is 0 Å². The zero-order valence-electron chi connectivity index (χ0n) is 11.4. The maximum absolute atomic E-state index is 12.0. The van der Waals surface area contributed by atoms with Gasteiger partial charge in [-0.25, -0.2) is 4.79 Å². The second-order valence-corrected chi connectivity index (χ2v) is 6.55. The van der Waals surface area contributed by atoms with E-state index in [2.05, 4.69) is 12.2 Å². The molecule has 0 saturated carbocycles. The first-order chi connectivity index (χ1) is 7.82. The van der Waals surface area contributed by atoms with E-state index in [9.17, 15) is 4.79 Å². The van der Waals surface area contributed by atoms with Crippen LogP contribution in [-0.4, -0.2) is 42.8 Å². The molecule has 4 heteroatoms. The molecule has 1 amide bonds. The highest BCUT2D eigenvalue weighted by atomic mass is 16.6. The molecular weight excluding hydrogens is 216 g/mol. The Hall–Kier alpha value is -0.770. The summed E-state index contributed by atoms with van der Waals surface area (Å²) < 4.78 is 5.43. The lowest BCUT2D eigenvalue weighted by atomic mass is 9.78. The fraction of sp³-hybridized carbons (Fsp3) is 0.923. The van der Waals surface area contributed by atoms with Crippen LogP contribution in [0.2, 0.25) is 0 Å². The highest BCUT2D eigenvalue weighted by Gasteiger charge is 2.47. The van der Waals surface area contributed by atoms with Gasteiger partial charge >= 0.3 is 6.09 Å². The van der Waals surface area contributed by atoms with E-state index in [1.807, 2.05) is 25.7 Å². The van der Waals surface area contributed by atoms with Gasteiger partial charge in [0.2, 0.25) is 0 Å². The summed E-state index contributed by atoms with van der Waals surface area (Å²) in [6, 6.07) is 0. The van der Waals surface area contributed by atoms with Crippen molar-refractivity contribution < 1.29 is 9.53 Å². The number of carbonyl (C=O) groups excluding carboxylic acids is 1. The molecule has 2 fully saturated rings. The van der Waals surface area contributed by atoms with Gasteiger partial charge in [0, 0.05) is 25.0 Å². The van der Waals surface area contributed by atoms with Crippen LogP contribution in [0.1, 0.15) is 34.1 Å². The number of carbonyl (C=O) groups is 1. The van der Waals surface area contributed by atoms with Crippen LogP contribution < -0.4 is 5.32 Å². The van der Waals surface area contributed by atoms with E-state index in [0.29, 0.717) is 5.92 Å². The first-order valence-corrected chi connectivity index (χ1v) is 6.51. The largest absolute Gasteiger partial charge is 0.444 e. The minimum Gasteiger partial charge on any atom is -0.444 e. The number of likely N-dealkylation sites (tertiary alicyclic amines) is 1. The lowest BCUT2D eigenvalue weighted by molar-refractivity contribution is 0.0269. The predicted molar refractivity (Wildman–Crippen MR) is 66.9 cm³/mol. The van der Waals surface area contributed by atoms with Crippen LogP contribution in [-0.2, 0) is 4.74 Å². The second-order valence-electron chi connectivity index (χ2n) is 6.55. The summed E-state index contributed by atoms with van der Waals surface area (Å²) in [6.07, 6.45) is 0.939. The van der Waals surface area contributed by atoms with Crippen LogP contribution >= 0.6 is 0 Å². The summed E-state index contributed by atoms with van der Waals surface area (Å²) in [5.41, 5.74) is -0.108. The average molecular weight is 240 g/mol. The Morgan fingerprint density at radius 3 is 2.71 bits per heavy atom. The van der Waals surface area contributed by atoms with Crippen molar-refractivity contribution in [2.45, 2.75) is 39.7 Å². The number of nitrogens with one attached hydrogen (secondary N) is 1. The highest BCUT2D eigenvalue weighted by Crippen LogP contribution is 2.40. The number of ether oxygens (including phenoxy) is 1. The van der Waals surface area contributed by atoms with Crippen LogP contribution in [0.4, 0.5) is 4.79 Å². The summed E-state index contributed by atoms with van der Waals surface area (Å²) in [7, 11) is 0. The van der Waals surface area contributed by atoms with E-state index in [0.717, 1.165) is 32.6 Å². The average Bonchev–Trinajstić information content (AvgIpc) is 2.74. The molecule has 0 bridgehead atoms. The molecule has 98 valence electrons. The van der Waals surface area contributed by atoms with Gasteiger partial charge in [-0.2, -0.15) is 0 Å². The fourth-order valence-electron chi connectivity index (χ4n) is 2.85. The molecule has 17 heavy (non-hydrogen) atoms. The highest BCUT2D eigenvalue weighted by molar-refractivity contribution is 5.68. The van der Waals surface area contributed by atoms with Gasteiger partial charge in [0.15, 0.2) is 0 Å². The Kier molecular flexibility index (Phi) is 3.10. The molecule has 2 aliphatic heterocycles. The minimum atomic E-state index is -0.396. The Morgan fingerprint density at radius 1 is 1.47 bits per heavy atom. The predicted octanol–water partition coefficient (Wildman–Crippen LogP) is 1.85. The van der Waals surface area contributed by atoms with Crippen molar-refractivity contribution in [3.63, 3.8) is 0 Å². The van der Waals surface area contributed by atoms with E-state index in [1.54, 1.807) is 0 Å². The monoisotopic (exact) mass is 240 g/mol. The van der Waals surface area contributed by atoms with Gasteiger partial charge in [0.05, 0.1) is 0 Å². The maximum Gasteiger partial charge on any atom is 0.410 e. The van der Waals surface area contributed by atoms with Crippen LogP contribution in [0.25, 0.3) is 0 Å². The lowest BCUT2D eigenvalue weighted by Crippen LogP contribution is -2.38. The number of hydrogen-bond acceptors (Lipinski definition) is 3. The summed E-state index contributed by atoms with van der Waals surface area (Å²) in [4.78, 5) is 13.9. The molecule has 1 N–H and O–H groups in total. The van der Waals surface area contributed by atoms with Gasteiger partial charge < -0.3 is 15.0 Å². The van der Waals surface area contributed by atoms with Crippen LogP contribution in [0.15, 0.2) is 0 Å². The van der Waals surface area contributed by atoms with Crippen LogP contribution in [0.3, 0.4) is 0 Å². The van der Waals surface area contributed by atoms with Crippen molar-refractivity contribution in [3.05, 3.63) is 0 Å². The Balaban J connectivity index is 1.96. The van der Waals surface area contributed by atoms with E-state index in [-0.39, 0.29) is 11.5 Å². The standard InChI is InChI=1S/C13H24N2O2/c1-10-7-14-8-13(10)5-6-15(9-13)11(16)17-12(2,3)4/h10,14H,5-9H2,1-4H3. The van der Waals surface area contributed by atoms with Gasteiger partial charge in [-0.1, -0.05) is 6.92 Å². The third-order valence-electron chi connectivity index (χ3n) is 4.01. The summed E-state index contributed by atoms with van der Waals surface area (Å²) in [5, 5.41) is 3.43. The first-order valence-electron chi connectivity index (χ1n) is 6.51. The van der Waals surface area contributed by atoms with Crippen molar-refractivity contribution in [2.24, 2.45) is 11.3 Å². The molecule has 2 aliphatic rings. The molecule has 2 atom stereocenters. The van der Waals surface area contributed by atoms with Gasteiger partial charge in [-0.15, -0.1) is 0 Å². The molecule has 2 unspecified atom stereocenters. The zero-order valence-corrected chi connectivity index (χ0v) is 11.4. The normalized spacial score (nSPS) is 33.4. The van der Waals surface area contributed by atoms with Crippen LogP contribution in [0.5, 0.6) is 0 Å². The molecule has 0 aromatic carbocycles. The topological polar surface area (TPSA) is 41.6 Å². The first kappa shape index (κ1) is 12.7. The summed E-state index contributed by atoms with van der Waals surface area (Å²) >= 11 is 0. The number of amides is 1. The summed E-state index contributed by atoms with van der Waals surface area (Å²) in [6.45, 7) is 11.8. The third-order valence-corrected chi connectivity index (χ3v) is 4.01. The van der Waals surface area contributed by atoms with E-state index >= 15 is 0 Å². The zero-order chi connectivity index (χ0) is 12.7. The quantitative estimate of drug-likeness (QED) is 0.702. The van der Waals surface area contributed by atoms with Crippen molar-refractivity contribution >= 4 is 6.09 Å². The van der Waals surface area contributed by atoms with E-state index in [4.69, 9.17) is 4.74 Å². The molecular formula is C13H24N2O2. The molecule has 0 aromatic heterocycles. The van der Waals surface area contributed by atoms with Crippen molar-refractivity contribution in [2.75, 3.05) is 26.2 Å². The van der Waals surface area contributed by atoms with E-state index in [1.165, 1.54) is 0 Å². The van der Waals surface area contributed by atoms with Crippen LogP contribution in [0, 0.1) is 11.3 Å². The third kappa shape index (κ3) is 2.57. The number of nitrogens with zero attached hydrogens (tertiary/aromatic N) is 1. The molecule has 0 aliphatic carbocycles. The van der Waals surface area contributed by atoms with Gasteiger partial charge in [0.1, 0.15) is 5.60 Å². The Bertz CT molecular complexity index is 311. The fourth-order valence-corrected chi connectivity index (χ4v) is 2.85. The smallest absolute Gasteiger partial charge is 0.410 e. The van der Waals surface area contributed by atoms with Crippen molar-refractivity contribution in [3.8, 4) is 0 Å². The van der Waals surface area contributed by atoms with E-state index < -0.39 is 5.60 Å². The molecule has 0 radical (unpaired) electrons. The summed E-state index contributed by atoms with van der Waals surface area (Å²) in [5.74, 6) is 0.648. The lowest BCUT2D eigenvalue weighted by Gasteiger charge is -2.29. The minimum absolute atomic E-state index is 0.159. The SMILES string of the molecule is CC1CNCC12CCN(C(=O)OC(C)(C)C)C2. The Labute approximate surface area is 104 Å². The van der Waals surface area contributed by atoms with Gasteiger partial charge in [-0.05, 0) is 39.7 Å². The molecule has 4 nitrogen and oxygen atoms in total. The molecule has 2 saturated heterocycles. The van der Waals surface area contributed by atoms with Gasteiger partial charge in [0.25, 0.3) is 0 Å². The molecule has 1 spiro atoms. The Morgan fingerprint density at radius 2 is 2.18 bits per heavy atom. The maximum atomic E-state index is 12.0. The molecule has 2 heterocycles. The van der Waals surface area contributed by atoms with Crippen molar-refractivity contribution in [1.82, 2.24) is 10.2 Å².